The van der Waals surface area contributed by atoms with Gasteiger partial charge in [0.1, 0.15) is 0 Å². The number of anilines is 2. The van der Waals surface area contributed by atoms with E-state index in [0.717, 1.165) is 26.2 Å². The topological polar surface area (TPSA) is 66.0 Å². The molecule has 0 aliphatic heterocycles. The van der Waals surface area contributed by atoms with E-state index in [9.17, 15) is 0 Å². The molecule has 1 aromatic rings. The van der Waals surface area contributed by atoms with Gasteiger partial charge < -0.3 is 15.5 Å². The van der Waals surface area contributed by atoms with Crippen molar-refractivity contribution >= 4 is 23.5 Å². The van der Waals surface area contributed by atoms with Crippen molar-refractivity contribution in [1.82, 2.24) is 19.9 Å². The lowest BCUT2D eigenvalue weighted by atomic mass is 10.3. The lowest BCUT2D eigenvalue weighted by Gasteiger charge is -2.23. The van der Waals surface area contributed by atoms with E-state index in [4.69, 9.17) is 11.6 Å². The third-order valence-electron chi connectivity index (χ3n) is 2.74. The number of likely N-dealkylation sites (N-methyl/N-ethyl adjacent to an activating group) is 1. The highest BCUT2D eigenvalue weighted by Crippen LogP contribution is 2.10. The van der Waals surface area contributed by atoms with Crippen LogP contribution in [0.1, 0.15) is 27.7 Å². The van der Waals surface area contributed by atoms with E-state index >= 15 is 0 Å². The van der Waals surface area contributed by atoms with Gasteiger partial charge in [-0.3, -0.25) is 0 Å². The van der Waals surface area contributed by atoms with Crippen molar-refractivity contribution in [1.29, 1.82) is 0 Å². The van der Waals surface area contributed by atoms with Gasteiger partial charge in [-0.25, -0.2) is 0 Å². The number of hydrogen-bond acceptors (Lipinski definition) is 6. The van der Waals surface area contributed by atoms with Gasteiger partial charge in [-0.15, -0.1) is 0 Å². The predicted molar refractivity (Wildman–Crippen MR) is 79.9 cm³/mol. The van der Waals surface area contributed by atoms with Gasteiger partial charge in [0.2, 0.25) is 17.2 Å². The van der Waals surface area contributed by atoms with Gasteiger partial charge in [0.15, 0.2) is 0 Å². The van der Waals surface area contributed by atoms with Gasteiger partial charge in [-0.1, -0.05) is 13.8 Å². The summed E-state index contributed by atoms with van der Waals surface area (Å²) >= 11 is 5.88. The van der Waals surface area contributed by atoms with Crippen LogP contribution in [0.5, 0.6) is 0 Å². The summed E-state index contributed by atoms with van der Waals surface area (Å²) in [5.74, 6) is 1.01. The molecular weight excluding hydrogens is 264 g/mol. The van der Waals surface area contributed by atoms with E-state index in [0.29, 0.717) is 11.9 Å². The molecule has 2 N–H and O–H groups in total. The second-order valence-corrected chi connectivity index (χ2v) is 4.65. The maximum absolute atomic E-state index is 5.88. The molecule has 6 nitrogen and oxygen atoms in total. The summed E-state index contributed by atoms with van der Waals surface area (Å²) in [6.45, 7) is 12.1. The van der Waals surface area contributed by atoms with Crippen LogP contribution in [0.15, 0.2) is 0 Å². The molecule has 0 saturated carbocycles. The summed E-state index contributed by atoms with van der Waals surface area (Å²) < 4.78 is 0. The van der Waals surface area contributed by atoms with Crippen molar-refractivity contribution in [3.05, 3.63) is 5.28 Å². The number of aromatic nitrogens is 3. The number of rotatable bonds is 8. The zero-order valence-electron chi connectivity index (χ0n) is 12.1. The van der Waals surface area contributed by atoms with Crippen LogP contribution in [-0.2, 0) is 0 Å². The van der Waals surface area contributed by atoms with Crippen LogP contribution in [0.2, 0.25) is 5.28 Å². The summed E-state index contributed by atoms with van der Waals surface area (Å²) in [5, 5.41) is 6.48. The van der Waals surface area contributed by atoms with Crippen molar-refractivity contribution in [2.75, 3.05) is 36.8 Å². The number of nitrogens with one attached hydrogen (secondary N) is 2. The average Bonchev–Trinajstić information content (AvgIpc) is 2.35. The molecule has 108 valence electrons. The second-order valence-electron chi connectivity index (χ2n) is 4.31. The van der Waals surface area contributed by atoms with Gasteiger partial charge in [-0.05, 0) is 38.5 Å². The Labute approximate surface area is 120 Å². The van der Waals surface area contributed by atoms with Crippen LogP contribution < -0.4 is 10.6 Å². The fraction of sp³-hybridized carbons (Fsp3) is 0.750. The molecule has 0 saturated heterocycles. The molecule has 1 atom stereocenters. The zero-order valence-corrected chi connectivity index (χ0v) is 12.8. The Hall–Kier alpha value is -1.14. The highest BCUT2D eigenvalue weighted by molar-refractivity contribution is 6.28. The lowest BCUT2D eigenvalue weighted by molar-refractivity contribution is 0.294. The Morgan fingerprint density at radius 1 is 1.11 bits per heavy atom. The Morgan fingerprint density at radius 2 is 1.74 bits per heavy atom. The summed E-state index contributed by atoms with van der Waals surface area (Å²) in [6.07, 6.45) is 0. The van der Waals surface area contributed by atoms with Crippen LogP contribution in [0.4, 0.5) is 11.9 Å². The first-order valence-corrected chi connectivity index (χ1v) is 7.11. The molecule has 1 unspecified atom stereocenters. The summed E-state index contributed by atoms with van der Waals surface area (Å²) in [7, 11) is 0. The number of hydrogen-bond donors (Lipinski definition) is 2. The van der Waals surface area contributed by atoms with Crippen molar-refractivity contribution in [2.45, 2.75) is 33.7 Å². The number of nitrogens with zero attached hydrogens (tertiary/aromatic N) is 4. The van der Waals surface area contributed by atoms with E-state index in [-0.39, 0.29) is 11.3 Å². The monoisotopic (exact) mass is 286 g/mol. The largest absolute Gasteiger partial charge is 0.354 e. The van der Waals surface area contributed by atoms with E-state index in [1.807, 2.05) is 6.92 Å². The lowest BCUT2D eigenvalue weighted by Crippen LogP contribution is -2.35. The predicted octanol–water partition coefficient (Wildman–Crippen LogP) is 2.10. The minimum Gasteiger partial charge on any atom is -0.354 e. The van der Waals surface area contributed by atoms with Gasteiger partial charge >= 0.3 is 0 Å². The third kappa shape index (κ3) is 5.57. The average molecular weight is 287 g/mol. The SMILES string of the molecule is CCNc1nc(Cl)nc(NC(C)CN(CC)CC)n1. The fourth-order valence-electron chi connectivity index (χ4n) is 1.79. The molecule has 0 aliphatic rings. The van der Waals surface area contributed by atoms with E-state index < -0.39 is 0 Å². The first-order chi connectivity index (χ1) is 9.08. The molecule has 7 heteroatoms. The smallest absolute Gasteiger partial charge is 0.229 e. The molecule has 1 heterocycles. The van der Waals surface area contributed by atoms with E-state index in [1.54, 1.807) is 0 Å². The zero-order chi connectivity index (χ0) is 14.3. The molecule has 0 radical (unpaired) electrons. The van der Waals surface area contributed by atoms with Crippen LogP contribution in [0.25, 0.3) is 0 Å². The highest BCUT2D eigenvalue weighted by atomic mass is 35.5. The Morgan fingerprint density at radius 3 is 2.32 bits per heavy atom. The maximum atomic E-state index is 5.88. The van der Waals surface area contributed by atoms with Crippen LogP contribution >= 0.6 is 11.6 Å². The molecule has 0 amide bonds. The Bertz CT molecular complexity index is 382. The molecule has 1 aromatic heterocycles. The van der Waals surface area contributed by atoms with Crippen LogP contribution in [0.3, 0.4) is 0 Å². The van der Waals surface area contributed by atoms with Crippen molar-refractivity contribution in [2.24, 2.45) is 0 Å². The first kappa shape index (κ1) is 15.9. The summed E-state index contributed by atoms with van der Waals surface area (Å²) in [6, 6.07) is 0.243. The van der Waals surface area contributed by atoms with Crippen LogP contribution in [0, 0.1) is 0 Å². The van der Waals surface area contributed by atoms with Crippen molar-refractivity contribution in [3.8, 4) is 0 Å². The standard InChI is InChI=1S/C12H23ClN6/c1-5-14-11-16-10(13)17-12(18-11)15-9(4)8-19(6-2)7-3/h9H,5-8H2,1-4H3,(H2,14,15,16,17,18). The van der Waals surface area contributed by atoms with Crippen molar-refractivity contribution in [3.63, 3.8) is 0 Å². The van der Waals surface area contributed by atoms with Gasteiger partial charge in [0.05, 0.1) is 0 Å². The maximum Gasteiger partial charge on any atom is 0.229 e. The molecule has 0 fully saturated rings. The van der Waals surface area contributed by atoms with E-state index in [1.165, 1.54) is 0 Å². The third-order valence-corrected chi connectivity index (χ3v) is 2.91. The van der Waals surface area contributed by atoms with Crippen molar-refractivity contribution < 1.29 is 0 Å². The van der Waals surface area contributed by atoms with Gasteiger partial charge in [-0.2, -0.15) is 15.0 Å². The summed E-state index contributed by atoms with van der Waals surface area (Å²) in [4.78, 5) is 14.7. The Balaban J connectivity index is 2.65. The molecule has 0 aromatic carbocycles. The molecular formula is C12H23ClN6. The van der Waals surface area contributed by atoms with E-state index in [2.05, 4.69) is 51.3 Å². The minimum atomic E-state index is 0.198. The summed E-state index contributed by atoms with van der Waals surface area (Å²) in [5.41, 5.74) is 0. The quantitative estimate of drug-likeness (QED) is 0.763. The highest BCUT2D eigenvalue weighted by Gasteiger charge is 2.10. The molecule has 0 spiro atoms. The number of halogens is 1. The molecule has 0 bridgehead atoms. The molecule has 1 rings (SSSR count). The van der Waals surface area contributed by atoms with Gasteiger partial charge in [0.25, 0.3) is 0 Å². The normalized spacial score (nSPS) is 12.5. The second kappa shape index (κ2) is 8.12. The molecule has 0 aliphatic carbocycles. The minimum absolute atomic E-state index is 0.198. The van der Waals surface area contributed by atoms with Crippen LogP contribution in [-0.4, -0.2) is 52.1 Å². The Kier molecular flexibility index (Phi) is 6.80. The fourth-order valence-corrected chi connectivity index (χ4v) is 1.95. The first-order valence-electron chi connectivity index (χ1n) is 6.73. The van der Waals surface area contributed by atoms with Gasteiger partial charge in [0, 0.05) is 19.1 Å². The molecule has 19 heavy (non-hydrogen) atoms.